The second-order valence-corrected chi connectivity index (χ2v) is 5.49. The lowest BCUT2D eigenvalue weighted by atomic mass is 10.0. The molecule has 0 amide bonds. The van der Waals surface area contributed by atoms with E-state index in [1.54, 1.807) is 0 Å². The Bertz CT molecular complexity index is 246. The van der Waals surface area contributed by atoms with E-state index in [0.717, 1.165) is 32.7 Å². The highest BCUT2D eigenvalue weighted by Gasteiger charge is 2.30. The van der Waals surface area contributed by atoms with Gasteiger partial charge >= 0.3 is 0 Å². The maximum absolute atomic E-state index is 9.21. The molecule has 2 aliphatic heterocycles. The van der Waals surface area contributed by atoms with E-state index < -0.39 is 0 Å². The van der Waals surface area contributed by atoms with Gasteiger partial charge in [0.25, 0.3) is 0 Å². The summed E-state index contributed by atoms with van der Waals surface area (Å²) < 4.78 is 11.1. The Kier molecular flexibility index (Phi) is 5.38. The van der Waals surface area contributed by atoms with Crippen LogP contribution in [0, 0.1) is 0 Å². The fraction of sp³-hybridized carbons (Fsp3) is 1.00. The fourth-order valence-electron chi connectivity index (χ4n) is 2.88. The highest BCUT2D eigenvalue weighted by Crippen LogP contribution is 2.18. The molecule has 2 fully saturated rings. The molecule has 5 nitrogen and oxygen atoms in total. The van der Waals surface area contributed by atoms with Gasteiger partial charge in [0.1, 0.15) is 0 Å². The van der Waals surface area contributed by atoms with Crippen molar-refractivity contribution in [2.45, 2.75) is 44.5 Å². The summed E-state index contributed by atoms with van der Waals surface area (Å²) in [6, 6.07) is 1.36. The molecule has 2 aliphatic rings. The molecule has 0 spiro atoms. The first-order chi connectivity index (χ1) is 8.70. The first kappa shape index (κ1) is 14.2. The summed E-state index contributed by atoms with van der Waals surface area (Å²) in [6.45, 7) is 8.69. The van der Waals surface area contributed by atoms with Gasteiger partial charge in [-0.2, -0.15) is 0 Å². The van der Waals surface area contributed by atoms with Crippen LogP contribution in [0.15, 0.2) is 0 Å². The van der Waals surface area contributed by atoms with E-state index in [-0.39, 0.29) is 12.7 Å². The molecule has 0 aromatic heterocycles. The van der Waals surface area contributed by atoms with E-state index in [0.29, 0.717) is 24.7 Å². The van der Waals surface area contributed by atoms with Crippen LogP contribution < -0.4 is 5.32 Å². The minimum Gasteiger partial charge on any atom is -0.394 e. The number of morpholine rings is 2. The molecule has 0 radical (unpaired) electrons. The average Bonchev–Trinajstić information content (AvgIpc) is 2.40. The second-order valence-electron chi connectivity index (χ2n) is 5.49. The largest absolute Gasteiger partial charge is 0.394 e. The van der Waals surface area contributed by atoms with Gasteiger partial charge in [0.15, 0.2) is 0 Å². The van der Waals surface area contributed by atoms with E-state index in [4.69, 9.17) is 9.47 Å². The first-order valence-corrected chi connectivity index (χ1v) is 7.00. The van der Waals surface area contributed by atoms with Crippen LogP contribution in [-0.2, 0) is 9.47 Å². The van der Waals surface area contributed by atoms with Crippen molar-refractivity contribution in [3.05, 3.63) is 0 Å². The van der Waals surface area contributed by atoms with Crippen molar-refractivity contribution < 1.29 is 14.6 Å². The Labute approximate surface area is 109 Å². The number of nitrogens with one attached hydrogen (secondary N) is 1. The van der Waals surface area contributed by atoms with E-state index >= 15 is 0 Å². The van der Waals surface area contributed by atoms with Gasteiger partial charge in [-0.1, -0.05) is 0 Å². The molecule has 4 atom stereocenters. The summed E-state index contributed by atoms with van der Waals surface area (Å²) in [4.78, 5) is 2.45. The minimum absolute atomic E-state index is 0.0285. The van der Waals surface area contributed by atoms with Crippen LogP contribution in [0.1, 0.15) is 20.3 Å². The quantitative estimate of drug-likeness (QED) is 0.733. The summed E-state index contributed by atoms with van der Waals surface area (Å²) in [5.74, 6) is 0. The highest BCUT2D eigenvalue weighted by molar-refractivity contribution is 4.84. The number of nitrogens with zero attached hydrogens (tertiary/aromatic N) is 1. The maximum atomic E-state index is 9.21. The Morgan fingerprint density at radius 3 is 2.94 bits per heavy atom. The standard InChI is InChI=1S/C13H26N2O3/c1-10(5-12-9-17-4-3-14-12)15-6-13(7-16)18-8-11(15)2/h10-14,16H,3-9H2,1-2H3. The van der Waals surface area contributed by atoms with E-state index in [9.17, 15) is 5.11 Å². The third-order valence-electron chi connectivity index (χ3n) is 3.95. The van der Waals surface area contributed by atoms with Crippen molar-refractivity contribution in [2.75, 3.05) is 39.5 Å². The lowest BCUT2D eigenvalue weighted by Crippen LogP contribution is -2.55. The predicted molar refractivity (Wildman–Crippen MR) is 69.7 cm³/mol. The van der Waals surface area contributed by atoms with Gasteiger partial charge in [-0.25, -0.2) is 0 Å². The number of aliphatic hydroxyl groups is 1. The number of aliphatic hydroxyl groups excluding tert-OH is 1. The summed E-state index contributed by atoms with van der Waals surface area (Å²) in [5.41, 5.74) is 0. The van der Waals surface area contributed by atoms with Crippen LogP contribution in [0.4, 0.5) is 0 Å². The van der Waals surface area contributed by atoms with E-state index in [2.05, 4.69) is 24.1 Å². The first-order valence-electron chi connectivity index (χ1n) is 7.00. The molecule has 2 heterocycles. The van der Waals surface area contributed by atoms with Gasteiger partial charge in [-0.15, -0.1) is 0 Å². The molecule has 5 heteroatoms. The molecule has 2 rings (SSSR count). The van der Waals surface area contributed by atoms with Gasteiger partial charge in [-0.3, -0.25) is 4.90 Å². The van der Waals surface area contributed by atoms with Crippen LogP contribution >= 0.6 is 0 Å². The summed E-state index contributed by atoms with van der Waals surface area (Å²) >= 11 is 0. The van der Waals surface area contributed by atoms with Crippen LogP contribution in [0.3, 0.4) is 0 Å². The Morgan fingerprint density at radius 1 is 1.44 bits per heavy atom. The summed E-state index contributed by atoms with van der Waals surface area (Å²) in [5, 5.41) is 12.7. The van der Waals surface area contributed by atoms with Crippen molar-refractivity contribution in [2.24, 2.45) is 0 Å². The van der Waals surface area contributed by atoms with Crippen molar-refractivity contribution in [1.29, 1.82) is 0 Å². The zero-order valence-electron chi connectivity index (χ0n) is 11.5. The molecule has 0 saturated carbocycles. The molecule has 18 heavy (non-hydrogen) atoms. The highest BCUT2D eigenvalue weighted by atomic mass is 16.5. The van der Waals surface area contributed by atoms with Crippen LogP contribution in [-0.4, -0.2) is 73.8 Å². The Hall–Kier alpha value is -0.200. The molecule has 106 valence electrons. The Morgan fingerprint density at radius 2 is 2.28 bits per heavy atom. The lowest BCUT2D eigenvalue weighted by Gasteiger charge is -2.42. The van der Waals surface area contributed by atoms with Crippen LogP contribution in [0.25, 0.3) is 0 Å². The summed E-state index contributed by atoms with van der Waals surface area (Å²) in [6.07, 6.45) is 1.06. The molecule has 2 N–H and O–H groups in total. The van der Waals surface area contributed by atoms with Crippen LogP contribution in [0.5, 0.6) is 0 Å². The zero-order valence-corrected chi connectivity index (χ0v) is 11.5. The number of ether oxygens (including phenoxy) is 2. The monoisotopic (exact) mass is 258 g/mol. The van der Waals surface area contributed by atoms with Gasteiger partial charge in [-0.05, 0) is 20.3 Å². The van der Waals surface area contributed by atoms with Gasteiger partial charge in [0, 0.05) is 31.2 Å². The second kappa shape index (κ2) is 6.82. The molecule has 0 aliphatic carbocycles. The number of hydrogen-bond donors (Lipinski definition) is 2. The van der Waals surface area contributed by atoms with Crippen LogP contribution in [0.2, 0.25) is 0 Å². The molecule has 2 saturated heterocycles. The zero-order chi connectivity index (χ0) is 13.0. The van der Waals surface area contributed by atoms with Crippen molar-refractivity contribution in [1.82, 2.24) is 10.2 Å². The average molecular weight is 258 g/mol. The molecule has 0 aromatic carbocycles. The number of rotatable bonds is 4. The molecular weight excluding hydrogens is 232 g/mol. The van der Waals surface area contributed by atoms with E-state index in [1.807, 2.05) is 0 Å². The molecular formula is C13H26N2O3. The van der Waals surface area contributed by atoms with E-state index in [1.165, 1.54) is 0 Å². The summed E-state index contributed by atoms with van der Waals surface area (Å²) in [7, 11) is 0. The van der Waals surface area contributed by atoms with Crippen molar-refractivity contribution in [3.8, 4) is 0 Å². The number of hydrogen-bond acceptors (Lipinski definition) is 5. The normalized spacial score (nSPS) is 36.5. The van der Waals surface area contributed by atoms with Gasteiger partial charge in [0.05, 0.1) is 32.5 Å². The molecule has 0 aromatic rings. The van der Waals surface area contributed by atoms with Gasteiger partial charge in [0.2, 0.25) is 0 Å². The molecule has 4 unspecified atom stereocenters. The molecule has 0 bridgehead atoms. The maximum Gasteiger partial charge on any atom is 0.0933 e. The SMILES string of the molecule is CC1COC(CO)CN1C(C)CC1COCCN1. The van der Waals surface area contributed by atoms with Crippen molar-refractivity contribution >= 4 is 0 Å². The lowest BCUT2D eigenvalue weighted by molar-refractivity contribution is -0.0918. The topological polar surface area (TPSA) is 54.0 Å². The third-order valence-corrected chi connectivity index (χ3v) is 3.95. The smallest absolute Gasteiger partial charge is 0.0933 e. The Balaban J connectivity index is 1.83. The van der Waals surface area contributed by atoms with Gasteiger partial charge < -0.3 is 19.9 Å². The predicted octanol–water partition coefficient (Wildman–Crippen LogP) is -0.165. The van der Waals surface area contributed by atoms with Crippen molar-refractivity contribution in [3.63, 3.8) is 0 Å². The minimum atomic E-state index is -0.0285. The fourth-order valence-corrected chi connectivity index (χ4v) is 2.88. The third kappa shape index (κ3) is 3.65.